The van der Waals surface area contributed by atoms with E-state index < -0.39 is 11.6 Å². The molecule has 0 spiro atoms. The molecule has 1 aromatic heterocycles. The zero-order chi connectivity index (χ0) is 13.9. The second-order valence-corrected chi connectivity index (χ2v) is 4.41. The van der Waals surface area contributed by atoms with Crippen molar-refractivity contribution in [2.75, 3.05) is 13.7 Å². The normalized spacial score (nSPS) is 13.8. The Hall–Kier alpha value is -2.14. The molecule has 1 N–H and O–H groups in total. The number of carbonyl (C=O) groups is 1. The van der Waals surface area contributed by atoms with E-state index in [4.69, 9.17) is 4.74 Å². The van der Waals surface area contributed by atoms with E-state index in [2.05, 4.69) is 9.72 Å². The van der Waals surface area contributed by atoms with Gasteiger partial charge in [-0.05, 0) is 25.1 Å². The molecule has 0 aliphatic heterocycles. The van der Waals surface area contributed by atoms with Gasteiger partial charge in [-0.1, -0.05) is 6.07 Å². The van der Waals surface area contributed by atoms with Gasteiger partial charge in [0.1, 0.15) is 12.4 Å². The lowest BCUT2D eigenvalue weighted by molar-refractivity contribution is -0.163. The maximum Gasteiger partial charge on any atom is 0.341 e. The molecule has 1 atom stereocenters. The van der Waals surface area contributed by atoms with E-state index in [-0.39, 0.29) is 6.61 Å². The van der Waals surface area contributed by atoms with E-state index in [0.29, 0.717) is 5.75 Å². The fraction of sp³-hybridized carbons (Fsp3) is 0.286. The number of ether oxygens (including phenoxy) is 2. The number of carbonyl (C=O) groups excluding carboxylic acids is 1. The number of aliphatic hydroxyl groups is 1. The third-order valence-corrected chi connectivity index (χ3v) is 2.72. The predicted octanol–water partition coefficient (Wildman–Crippen LogP) is 1.54. The number of benzene rings is 1. The number of fused-ring (bicyclic) bond motifs is 1. The van der Waals surface area contributed by atoms with Crippen LogP contribution in [0.15, 0.2) is 36.5 Å². The van der Waals surface area contributed by atoms with Crippen LogP contribution < -0.4 is 4.74 Å². The molecule has 0 radical (unpaired) electrons. The Morgan fingerprint density at radius 3 is 2.95 bits per heavy atom. The summed E-state index contributed by atoms with van der Waals surface area (Å²) in [6.45, 7) is 1.16. The standard InChI is InChI=1S/C14H15NO4/c1-14(17,13(16)18-2)9-19-11-6-5-10-4-3-7-15-12(10)8-11/h3-8,17H,9H2,1-2H3. The van der Waals surface area contributed by atoms with Crippen LogP contribution in [-0.4, -0.2) is 35.4 Å². The molecule has 0 amide bonds. The number of methoxy groups -OCH3 is 1. The zero-order valence-corrected chi connectivity index (χ0v) is 10.8. The number of hydrogen-bond donors (Lipinski definition) is 1. The molecule has 5 nitrogen and oxygen atoms in total. The monoisotopic (exact) mass is 261 g/mol. The third-order valence-electron chi connectivity index (χ3n) is 2.72. The van der Waals surface area contributed by atoms with E-state index >= 15 is 0 Å². The minimum atomic E-state index is -1.67. The summed E-state index contributed by atoms with van der Waals surface area (Å²) in [5.74, 6) is -0.193. The van der Waals surface area contributed by atoms with E-state index in [1.807, 2.05) is 18.2 Å². The van der Waals surface area contributed by atoms with Crippen LogP contribution in [0.3, 0.4) is 0 Å². The molecule has 2 aromatic rings. The van der Waals surface area contributed by atoms with Crippen LogP contribution in [0.1, 0.15) is 6.92 Å². The van der Waals surface area contributed by atoms with Crippen LogP contribution in [-0.2, 0) is 9.53 Å². The SMILES string of the molecule is COC(=O)C(C)(O)COc1ccc2cccnc2c1. The third kappa shape index (κ3) is 3.00. The Bertz CT molecular complexity index is 595. The first-order chi connectivity index (χ1) is 9.03. The Morgan fingerprint density at radius 1 is 1.42 bits per heavy atom. The molecule has 0 bridgehead atoms. The van der Waals surface area contributed by atoms with Gasteiger partial charge in [0.05, 0.1) is 12.6 Å². The first kappa shape index (κ1) is 13.3. The van der Waals surface area contributed by atoms with Crippen molar-refractivity contribution in [3.63, 3.8) is 0 Å². The van der Waals surface area contributed by atoms with Crippen LogP contribution in [0.5, 0.6) is 5.75 Å². The second-order valence-electron chi connectivity index (χ2n) is 4.41. The lowest BCUT2D eigenvalue weighted by atomic mass is 10.1. The quantitative estimate of drug-likeness (QED) is 0.845. The first-order valence-corrected chi connectivity index (χ1v) is 5.81. The van der Waals surface area contributed by atoms with Crippen LogP contribution in [0.4, 0.5) is 0 Å². The molecule has 19 heavy (non-hydrogen) atoms. The van der Waals surface area contributed by atoms with Gasteiger partial charge in [-0.3, -0.25) is 4.98 Å². The molecule has 0 aliphatic carbocycles. The van der Waals surface area contributed by atoms with Crippen molar-refractivity contribution >= 4 is 16.9 Å². The number of aromatic nitrogens is 1. The van der Waals surface area contributed by atoms with E-state index in [9.17, 15) is 9.90 Å². The molecular weight excluding hydrogens is 246 g/mol. The van der Waals surface area contributed by atoms with Gasteiger partial charge in [-0.2, -0.15) is 0 Å². The van der Waals surface area contributed by atoms with E-state index in [1.54, 1.807) is 18.3 Å². The summed E-state index contributed by atoms with van der Waals surface area (Å²) in [6.07, 6.45) is 1.69. The number of pyridine rings is 1. The topological polar surface area (TPSA) is 68.7 Å². The minimum Gasteiger partial charge on any atom is -0.490 e. The molecule has 0 aliphatic rings. The molecule has 1 aromatic carbocycles. The van der Waals surface area contributed by atoms with Crippen LogP contribution >= 0.6 is 0 Å². The van der Waals surface area contributed by atoms with Crippen LogP contribution in [0, 0.1) is 0 Å². The lowest BCUT2D eigenvalue weighted by Gasteiger charge is -2.20. The zero-order valence-electron chi connectivity index (χ0n) is 10.8. The van der Waals surface area contributed by atoms with Gasteiger partial charge in [-0.15, -0.1) is 0 Å². The van der Waals surface area contributed by atoms with Gasteiger partial charge < -0.3 is 14.6 Å². The summed E-state index contributed by atoms with van der Waals surface area (Å²) in [6, 6.07) is 9.17. The summed E-state index contributed by atoms with van der Waals surface area (Å²) in [5, 5.41) is 10.8. The van der Waals surface area contributed by atoms with Crippen LogP contribution in [0.2, 0.25) is 0 Å². The molecule has 1 heterocycles. The molecule has 0 saturated carbocycles. The van der Waals surface area contributed by atoms with Gasteiger partial charge >= 0.3 is 5.97 Å². The molecule has 2 rings (SSSR count). The lowest BCUT2D eigenvalue weighted by Crippen LogP contribution is -2.42. The van der Waals surface area contributed by atoms with E-state index in [0.717, 1.165) is 10.9 Å². The Morgan fingerprint density at radius 2 is 2.21 bits per heavy atom. The highest BCUT2D eigenvalue weighted by atomic mass is 16.6. The van der Waals surface area contributed by atoms with Gasteiger partial charge in [0.15, 0.2) is 5.60 Å². The predicted molar refractivity (Wildman–Crippen MR) is 69.9 cm³/mol. The number of nitrogens with zero attached hydrogens (tertiary/aromatic N) is 1. The molecule has 100 valence electrons. The molecule has 0 saturated heterocycles. The highest BCUT2D eigenvalue weighted by Crippen LogP contribution is 2.20. The van der Waals surface area contributed by atoms with Gasteiger partial charge in [0, 0.05) is 17.6 Å². The largest absolute Gasteiger partial charge is 0.490 e. The minimum absolute atomic E-state index is 0.183. The first-order valence-electron chi connectivity index (χ1n) is 5.81. The van der Waals surface area contributed by atoms with Crippen molar-refractivity contribution in [2.45, 2.75) is 12.5 Å². The van der Waals surface area contributed by atoms with Crippen molar-refractivity contribution < 1.29 is 19.4 Å². The fourth-order valence-electron chi connectivity index (χ4n) is 1.64. The van der Waals surface area contributed by atoms with Crippen LogP contribution in [0.25, 0.3) is 10.9 Å². The van der Waals surface area contributed by atoms with Gasteiger partial charge in [0.2, 0.25) is 0 Å². The summed E-state index contributed by atoms with van der Waals surface area (Å²) in [4.78, 5) is 15.5. The molecular formula is C14H15NO4. The Kier molecular flexibility index (Phi) is 3.66. The Labute approximate surface area is 110 Å². The van der Waals surface area contributed by atoms with Crippen molar-refractivity contribution in [3.05, 3.63) is 36.5 Å². The van der Waals surface area contributed by atoms with Crippen molar-refractivity contribution in [3.8, 4) is 5.75 Å². The number of rotatable bonds is 4. The fourth-order valence-corrected chi connectivity index (χ4v) is 1.64. The molecule has 0 fully saturated rings. The average Bonchev–Trinajstić information content (AvgIpc) is 2.44. The van der Waals surface area contributed by atoms with Crippen molar-refractivity contribution in [1.82, 2.24) is 4.98 Å². The number of hydrogen-bond acceptors (Lipinski definition) is 5. The average molecular weight is 261 g/mol. The maximum atomic E-state index is 11.3. The summed E-state index contributed by atoms with van der Waals surface area (Å²) in [7, 11) is 1.22. The Balaban J connectivity index is 2.12. The summed E-state index contributed by atoms with van der Waals surface area (Å²) >= 11 is 0. The highest BCUT2D eigenvalue weighted by molar-refractivity contribution is 5.80. The van der Waals surface area contributed by atoms with Crippen molar-refractivity contribution in [1.29, 1.82) is 0 Å². The molecule has 1 unspecified atom stereocenters. The highest BCUT2D eigenvalue weighted by Gasteiger charge is 2.32. The molecule has 5 heteroatoms. The van der Waals surface area contributed by atoms with Crippen molar-refractivity contribution in [2.24, 2.45) is 0 Å². The van der Waals surface area contributed by atoms with Gasteiger partial charge in [0.25, 0.3) is 0 Å². The van der Waals surface area contributed by atoms with Gasteiger partial charge in [-0.25, -0.2) is 4.79 Å². The second kappa shape index (κ2) is 5.24. The number of esters is 1. The maximum absolute atomic E-state index is 11.3. The summed E-state index contributed by atoms with van der Waals surface area (Å²) in [5.41, 5.74) is -0.883. The smallest absolute Gasteiger partial charge is 0.341 e. The summed E-state index contributed by atoms with van der Waals surface area (Å²) < 4.78 is 9.90. The van der Waals surface area contributed by atoms with E-state index in [1.165, 1.54) is 14.0 Å².